The molecule has 0 fully saturated rings. The zero-order valence-electron chi connectivity index (χ0n) is 11.1. The normalized spacial score (nSPS) is 11.3. The summed E-state index contributed by atoms with van der Waals surface area (Å²) in [5, 5.41) is 0. The molecule has 0 spiro atoms. The first kappa shape index (κ1) is 14.4. The molecule has 2 aromatic rings. The second-order valence-corrected chi connectivity index (χ2v) is 6.07. The van der Waals surface area contributed by atoms with Gasteiger partial charge in [-0.1, -0.05) is 29.8 Å². The van der Waals surface area contributed by atoms with Crippen LogP contribution in [0.3, 0.4) is 0 Å². The lowest BCUT2D eigenvalue weighted by molar-refractivity contribution is 0.103. The first-order chi connectivity index (χ1) is 9.29. The Morgan fingerprint density at radius 2 is 1.75 bits per heavy atom. The summed E-state index contributed by atoms with van der Waals surface area (Å²) in [7, 11) is -4.32. The van der Waals surface area contributed by atoms with E-state index >= 15 is 0 Å². The summed E-state index contributed by atoms with van der Waals surface area (Å²) in [6.07, 6.45) is 0. The highest BCUT2D eigenvalue weighted by molar-refractivity contribution is 7.85. The molecule has 0 aliphatic heterocycles. The van der Waals surface area contributed by atoms with E-state index in [9.17, 15) is 13.2 Å². The van der Waals surface area contributed by atoms with Crippen molar-refractivity contribution in [3.63, 3.8) is 0 Å². The van der Waals surface area contributed by atoms with E-state index in [-0.39, 0.29) is 16.2 Å². The van der Waals surface area contributed by atoms with Crippen LogP contribution in [0.2, 0.25) is 0 Å². The molecule has 0 aliphatic rings. The molecule has 0 radical (unpaired) electrons. The van der Waals surface area contributed by atoms with Gasteiger partial charge in [0.05, 0.1) is 4.90 Å². The van der Waals surface area contributed by atoms with Gasteiger partial charge >= 0.3 is 0 Å². The average molecular weight is 290 g/mol. The molecule has 0 atom stereocenters. The number of aryl methyl sites for hydroxylation is 2. The fourth-order valence-electron chi connectivity index (χ4n) is 1.95. The summed E-state index contributed by atoms with van der Waals surface area (Å²) < 4.78 is 31.4. The van der Waals surface area contributed by atoms with Crippen LogP contribution in [0.5, 0.6) is 0 Å². The second kappa shape index (κ2) is 5.19. The van der Waals surface area contributed by atoms with Gasteiger partial charge in [-0.2, -0.15) is 8.42 Å². The maximum absolute atomic E-state index is 12.4. The highest BCUT2D eigenvalue weighted by Gasteiger charge is 2.16. The van der Waals surface area contributed by atoms with E-state index in [1.807, 2.05) is 13.0 Å². The molecule has 0 saturated carbocycles. The topological polar surface area (TPSA) is 71.4 Å². The van der Waals surface area contributed by atoms with Crippen LogP contribution >= 0.6 is 0 Å². The van der Waals surface area contributed by atoms with Crippen molar-refractivity contribution in [3.05, 3.63) is 64.7 Å². The number of benzene rings is 2. The van der Waals surface area contributed by atoms with Crippen molar-refractivity contribution in [2.75, 3.05) is 0 Å². The van der Waals surface area contributed by atoms with Gasteiger partial charge in [-0.05, 0) is 37.6 Å². The Labute approximate surface area is 117 Å². The Hall–Kier alpha value is -1.98. The average Bonchev–Trinajstić information content (AvgIpc) is 2.37. The van der Waals surface area contributed by atoms with Crippen molar-refractivity contribution in [1.82, 2.24) is 0 Å². The summed E-state index contributed by atoms with van der Waals surface area (Å²) in [5.41, 5.74) is 2.36. The van der Waals surface area contributed by atoms with Crippen molar-refractivity contribution in [1.29, 1.82) is 0 Å². The third-order valence-corrected chi connectivity index (χ3v) is 3.88. The first-order valence-corrected chi connectivity index (χ1v) is 7.42. The van der Waals surface area contributed by atoms with E-state index in [1.165, 1.54) is 18.2 Å². The second-order valence-electron chi connectivity index (χ2n) is 4.65. The lowest BCUT2D eigenvalue weighted by Gasteiger charge is -2.07. The summed E-state index contributed by atoms with van der Waals surface area (Å²) in [6.45, 7) is 3.59. The minimum absolute atomic E-state index is 0.267. The van der Waals surface area contributed by atoms with Crippen LogP contribution in [0.1, 0.15) is 27.0 Å². The summed E-state index contributed by atoms with van der Waals surface area (Å²) in [6, 6.07) is 11.0. The maximum Gasteiger partial charge on any atom is 0.294 e. The molecule has 1 N–H and O–H groups in total. The fraction of sp³-hybridized carbons (Fsp3) is 0.133. The van der Waals surface area contributed by atoms with Gasteiger partial charge in [-0.3, -0.25) is 9.35 Å². The maximum atomic E-state index is 12.4. The first-order valence-electron chi connectivity index (χ1n) is 5.98. The highest BCUT2D eigenvalue weighted by Crippen LogP contribution is 2.19. The SMILES string of the molecule is Cc1cccc(C(=O)c2cc(S(=O)(=O)O)ccc2C)c1. The van der Waals surface area contributed by atoms with Crippen LogP contribution in [0, 0.1) is 13.8 Å². The molecule has 0 unspecified atom stereocenters. The molecule has 0 saturated heterocycles. The standard InChI is InChI=1S/C15H14O4S/c1-10-4-3-5-12(8-10)15(16)14-9-13(20(17,18)19)7-6-11(14)2/h3-9H,1-2H3,(H,17,18,19). The molecule has 0 amide bonds. The number of ketones is 1. The van der Waals surface area contributed by atoms with Gasteiger partial charge in [0.1, 0.15) is 0 Å². The largest absolute Gasteiger partial charge is 0.294 e. The third kappa shape index (κ3) is 2.95. The van der Waals surface area contributed by atoms with Gasteiger partial charge in [0.2, 0.25) is 0 Å². The van der Waals surface area contributed by atoms with Crippen molar-refractivity contribution in [3.8, 4) is 0 Å². The Balaban J connectivity index is 2.55. The number of hydrogen-bond donors (Lipinski definition) is 1. The Morgan fingerprint density at radius 1 is 1.05 bits per heavy atom. The molecule has 0 bridgehead atoms. The molecule has 2 rings (SSSR count). The van der Waals surface area contributed by atoms with Crippen LogP contribution in [-0.4, -0.2) is 18.8 Å². The molecular formula is C15H14O4S. The summed E-state index contributed by atoms with van der Waals surface area (Å²) >= 11 is 0. The lowest BCUT2D eigenvalue weighted by Crippen LogP contribution is -2.07. The fourth-order valence-corrected chi connectivity index (χ4v) is 2.45. The molecule has 104 valence electrons. The summed E-state index contributed by atoms with van der Waals surface area (Å²) in [4.78, 5) is 12.1. The molecular weight excluding hydrogens is 276 g/mol. The van der Waals surface area contributed by atoms with Gasteiger partial charge in [-0.15, -0.1) is 0 Å². The smallest absolute Gasteiger partial charge is 0.289 e. The van der Waals surface area contributed by atoms with E-state index < -0.39 is 10.1 Å². The number of hydrogen-bond acceptors (Lipinski definition) is 3. The summed E-state index contributed by atoms with van der Waals surface area (Å²) in [5.74, 6) is -0.267. The van der Waals surface area contributed by atoms with Crippen LogP contribution in [0.25, 0.3) is 0 Å². The Morgan fingerprint density at radius 3 is 2.35 bits per heavy atom. The van der Waals surface area contributed by atoms with Gasteiger partial charge in [0, 0.05) is 11.1 Å². The van der Waals surface area contributed by atoms with Gasteiger partial charge in [-0.25, -0.2) is 0 Å². The zero-order valence-corrected chi connectivity index (χ0v) is 11.9. The number of rotatable bonds is 3. The molecule has 5 heteroatoms. The van der Waals surface area contributed by atoms with Gasteiger partial charge < -0.3 is 0 Å². The molecule has 2 aromatic carbocycles. The van der Waals surface area contributed by atoms with Crippen molar-refractivity contribution in [2.45, 2.75) is 18.7 Å². The molecule has 4 nitrogen and oxygen atoms in total. The van der Waals surface area contributed by atoms with E-state index in [2.05, 4.69) is 0 Å². The van der Waals surface area contributed by atoms with Crippen molar-refractivity contribution in [2.24, 2.45) is 0 Å². The van der Waals surface area contributed by atoms with Crippen molar-refractivity contribution < 1.29 is 17.8 Å². The zero-order chi connectivity index (χ0) is 14.9. The Bertz CT molecular complexity index is 776. The van der Waals surface area contributed by atoms with Crippen LogP contribution < -0.4 is 0 Å². The van der Waals surface area contributed by atoms with E-state index in [0.29, 0.717) is 11.1 Å². The van der Waals surface area contributed by atoms with Gasteiger partial charge in [0.15, 0.2) is 5.78 Å². The lowest BCUT2D eigenvalue weighted by atomic mass is 9.98. The monoisotopic (exact) mass is 290 g/mol. The minimum atomic E-state index is -4.32. The minimum Gasteiger partial charge on any atom is -0.289 e. The van der Waals surface area contributed by atoms with Crippen molar-refractivity contribution >= 4 is 15.9 Å². The van der Waals surface area contributed by atoms with E-state index in [0.717, 1.165) is 5.56 Å². The predicted octanol–water partition coefficient (Wildman–Crippen LogP) is 2.78. The molecule has 0 aliphatic carbocycles. The van der Waals surface area contributed by atoms with E-state index in [1.54, 1.807) is 25.1 Å². The number of carbonyl (C=O) groups excluding carboxylic acids is 1. The highest BCUT2D eigenvalue weighted by atomic mass is 32.2. The van der Waals surface area contributed by atoms with E-state index in [4.69, 9.17) is 4.55 Å². The van der Waals surface area contributed by atoms with Gasteiger partial charge in [0.25, 0.3) is 10.1 Å². The predicted molar refractivity (Wildman–Crippen MR) is 75.6 cm³/mol. The third-order valence-electron chi connectivity index (χ3n) is 3.03. The van der Waals surface area contributed by atoms with Crippen LogP contribution in [-0.2, 0) is 10.1 Å². The van der Waals surface area contributed by atoms with Crippen LogP contribution in [0.15, 0.2) is 47.4 Å². The quantitative estimate of drug-likeness (QED) is 0.697. The van der Waals surface area contributed by atoms with Crippen LogP contribution in [0.4, 0.5) is 0 Å². The molecule has 0 aromatic heterocycles. The molecule has 20 heavy (non-hydrogen) atoms. The number of carbonyl (C=O) groups is 1. The molecule has 0 heterocycles. The Kier molecular flexibility index (Phi) is 3.74.